The van der Waals surface area contributed by atoms with Gasteiger partial charge in [-0.25, -0.2) is 4.98 Å². The van der Waals surface area contributed by atoms with Crippen LogP contribution in [0.15, 0.2) is 34.3 Å². The van der Waals surface area contributed by atoms with E-state index in [2.05, 4.69) is 10.3 Å². The van der Waals surface area contributed by atoms with E-state index in [4.69, 9.17) is 9.47 Å². The summed E-state index contributed by atoms with van der Waals surface area (Å²) >= 11 is 3.11. The van der Waals surface area contributed by atoms with Crippen molar-refractivity contribution in [2.45, 2.75) is 13.3 Å². The standard InChI is InChI=1S/C18H14N2O4S2/c1-10(21)13-5-15-16(24-9-23-15)6-14(13)20-17(22)4-12-8-26-18(19-12)11-2-3-25-7-11/h2-3,5-8H,4,9H2,1H3,(H,20,22). The summed E-state index contributed by atoms with van der Waals surface area (Å²) in [5.41, 5.74) is 2.56. The number of benzene rings is 1. The minimum absolute atomic E-state index is 0.105. The predicted octanol–water partition coefficient (Wildman–Crippen LogP) is 3.98. The summed E-state index contributed by atoms with van der Waals surface area (Å²) in [6, 6.07) is 5.21. The quantitative estimate of drug-likeness (QED) is 0.671. The van der Waals surface area contributed by atoms with Crippen molar-refractivity contribution in [2.75, 3.05) is 12.1 Å². The topological polar surface area (TPSA) is 77.5 Å². The van der Waals surface area contributed by atoms with Crippen molar-refractivity contribution in [1.29, 1.82) is 0 Å². The number of amides is 1. The molecule has 0 aliphatic carbocycles. The van der Waals surface area contributed by atoms with Crippen LogP contribution in [0.1, 0.15) is 23.0 Å². The van der Waals surface area contributed by atoms with Crippen molar-refractivity contribution in [1.82, 2.24) is 4.98 Å². The number of Topliss-reactive ketones (excluding diaryl/α,β-unsaturated/α-hetero) is 1. The second-order valence-electron chi connectivity index (χ2n) is 5.69. The highest BCUT2D eigenvalue weighted by atomic mass is 32.1. The summed E-state index contributed by atoms with van der Waals surface area (Å²) in [6.45, 7) is 1.55. The molecule has 1 N–H and O–H groups in total. The summed E-state index contributed by atoms with van der Waals surface area (Å²) < 4.78 is 10.6. The molecule has 2 aromatic heterocycles. The molecule has 26 heavy (non-hydrogen) atoms. The first kappa shape index (κ1) is 16.7. The molecule has 132 valence electrons. The Hall–Kier alpha value is -2.71. The molecule has 0 bridgehead atoms. The number of ketones is 1. The number of carbonyl (C=O) groups is 2. The van der Waals surface area contributed by atoms with Crippen LogP contribution in [0.5, 0.6) is 11.5 Å². The number of rotatable bonds is 5. The van der Waals surface area contributed by atoms with E-state index in [-0.39, 0.29) is 24.9 Å². The van der Waals surface area contributed by atoms with Crippen LogP contribution in [0.25, 0.3) is 10.6 Å². The summed E-state index contributed by atoms with van der Waals surface area (Å²) in [5, 5.41) is 9.56. The lowest BCUT2D eigenvalue weighted by Gasteiger charge is -2.10. The van der Waals surface area contributed by atoms with E-state index >= 15 is 0 Å². The lowest BCUT2D eigenvalue weighted by Crippen LogP contribution is -2.16. The van der Waals surface area contributed by atoms with E-state index < -0.39 is 0 Å². The third kappa shape index (κ3) is 3.33. The zero-order valence-electron chi connectivity index (χ0n) is 13.8. The van der Waals surface area contributed by atoms with E-state index in [9.17, 15) is 9.59 Å². The van der Waals surface area contributed by atoms with Gasteiger partial charge in [0, 0.05) is 28.0 Å². The van der Waals surface area contributed by atoms with Crippen LogP contribution in [0.4, 0.5) is 5.69 Å². The molecule has 1 aliphatic heterocycles. The van der Waals surface area contributed by atoms with E-state index in [1.807, 2.05) is 22.2 Å². The molecule has 6 nitrogen and oxygen atoms in total. The van der Waals surface area contributed by atoms with Crippen molar-refractivity contribution in [2.24, 2.45) is 0 Å². The molecule has 1 aliphatic rings. The maximum absolute atomic E-state index is 12.4. The molecule has 0 fully saturated rings. The van der Waals surface area contributed by atoms with Gasteiger partial charge in [-0.05, 0) is 24.4 Å². The van der Waals surface area contributed by atoms with Gasteiger partial charge in [-0.3, -0.25) is 9.59 Å². The van der Waals surface area contributed by atoms with Gasteiger partial charge in [0.2, 0.25) is 12.7 Å². The molecule has 0 spiro atoms. The number of hydrogen-bond donors (Lipinski definition) is 1. The average molecular weight is 386 g/mol. The zero-order chi connectivity index (χ0) is 18.1. The molecule has 0 unspecified atom stereocenters. The third-order valence-corrected chi connectivity index (χ3v) is 5.45. The SMILES string of the molecule is CC(=O)c1cc2c(cc1NC(=O)Cc1csc(-c3ccsc3)n1)OCO2. The van der Waals surface area contributed by atoms with E-state index in [0.29, 0.717) is 28.4 Å². The zero-order valence-corrected chi connectivity index (χ0v) is 15.4. The fourth-order valence-corrected chi connectivity index (χ4v) is 4.13. The highest BCUT2D eigenvalue weighted by molar-refractivity contribution is 7.14. The first-order valence-electron chi connectivity index (χ1n) is 7.81. The van der Waals surface area contributed by atoms with Crippen LogP contribution in [0.2, 0.25) is 0 Å². The number of thiophene rings is 1. The number of anilines is 1. The Morgan fingerprint density at radius 3 is 2.77 bits per heavy atom. The number of thiazole rings is 1. The number of hydrogen-bond acceptors (Lipinski definition) is 7. The van der Waals surface area contributed by atoms with E-state index in [1.54, 1.807) is 23.5 Å². The molecule has 1 amide bonds. The van der Waals surface area contributed by atoms with Crippen molar-refractivity contribution in [3.63, 3.8) is 0 Å². The third-order valence-electron chi connectivity index (χ3n) is 3.83. The van der Waals surface area contributed by atoms with Crippen LogP contribution in [0, 0.1) is 0 Å². The van der Waals surface area contributed by atoms with Gasteiger partial charge in [0.15, 0.2) is 17.3 Å². The highest BCUT2D eigenvalue weighted by Crippen LogP contribution is 2.37. The normalized spacial score (nSPS) is 12.2. The fourth-order valence-electron chi connectivity index (χ4n) is 2.60. The number of aromatic nitrogens is 1. The average Bonchev–Trinajstić information content (AvgIpc) is 3.34. The van der Waals surface area contributed by atoms with Crippen molar-refractivity contribution in [3.05, 3.63) is 45.6 Å². The predicted molar refractivity (Wildman–Crippen MR) is 100 cm³/mol. The number of ether oxygens (including phenoxy) is 2. The van der Waals surface area contributed by atoms with Crippen molar-refractivity contribution in [3.8, 4) is 22.1 Å². The second-order valence-corrected chi connectivity index (χ2v) is 7.33. The molecule has 0 atom stereocenters. The minimum atomic E-state index is -0.242. The molecule has 8 heteroatoms. The van der Waals surface area contributed by atoms with Gasteiger partial charge >= 0.3 is 0 Å². The van der Waals surface area contributed by atoms with Crippen LogP contribution < -0.4 is 14.8 Å². The molecule has 3 heterocycles. The van der Waals surface area contributed by atoms with Crippen molar-refractivity contribution >= 4 is 40.1 Å². The maximum Gasteiger partial charge on any atom is 0.231 e. The Bertz CT molecular complexity index is 979. The molecule has 0 saturated carbocycles. The number of nitrogens with zero attached hydrogens (tertiary/aromatic N) is 1. The smallest absolute Gasteiger partial charge is 0.231 e. The van der Waals surface area contributed by atoms with Gasteiger partial charge in [-0.15, -0.1) is 11.3 Å². The molecule has 4 rings (SSSR count). The molecular weight excluding hydrogens is 372 g/mol. The summed E-state index contributed by atoms with van der Waals surface area (Å²) in [6.07, 6.45) is 0.131. The van der Waals surface area contributed by atoms with E-state index in [1.165, 1.54) is 18.3 Å². The minimum Gasteiger partial charge on any atom is -0.454 e. The first-order valence-corrected chi connectivity index (χ1v) is 9.64. The monoisotopic (exact) mass is 386 g/mol. The molecule has 1 aromatic carbocycles. The van der Waals surface area contributed by atoms with Crippen LogP contribution in [-0.4, -0.2) is 23.5 Å². The van der Waals surface area contributed by atoms with Gasteiger partial charge in [-0.2, -0.15) is 11.3 Å². The Balaban J connectivity index is 1.51. The van der Waals surface area contributed by atoms with Crippen LogP contribution >= 0.6 is 22.7 Å². The van der Waals surface area contributed by atoms with Gasteiger partial charge in [0.25, 0.3) is 0 Å². The number of carbonyl (C=O) groups excluding carboxylic acids is 2. The number of fused-ring (bicyclic) bond motifs is 1. The molecule has 0 radical (unpaired) electrons. The summed E-state index contributed by atoms with van der Waals surface area (Å²) in [4.78, 5) is 28.8. The number of nitrogens with one attached hydrogen (secondary N) is 1. The maximum atomic E-state index is 12.4. The van der Waals surface area contributed by atoms with Crippen LogP contribution in [-0.2, 0) is 11.2 Å². The lowest BCUT2D eigenvalue weighted by atomic mass is 10.1. The van der Waals surface area contributed by atoms with Gasteiger partial charge in [-0.1, -0.05) is 0 Å². The van der Waals surface area contributed by atoms with Crippen molar-refractivity contribution < 1.29 is 19.1 Å². The summed E-state index contributed by atoms with van der Waals surface area (Å²) in [7, 11) is 0. The van der Waals surface area contributed by atoms with Gasteiger partial charge in [0.1, 0.15) is 5.01 Å². The Morgan fingerprint density at radius 1 is 1.23 bits per heavy atom. The van der Waals surface area contributed by atoms with Gasteiger partial charge in [0.05, 0.1) is 17.8 Å². The Kier molecular flexibility index (Phi) is 4.44. The largest absolute Gasteiger partial charge is 0.454 e. The molecule has 0 saturated heterocycles. The fraction of sp³-hybridized carbons (Fsp3) is 0.167. The highest BCUT2D eigenvalue weighted by Gasteiger charge is 2.20. The lowest BCUT2D eigenvalue weighted by molar-refractivity contribution is -0.115. The van der Waals surface area contributed by atoms with Gasteiger partial charge < -0.3 is 14.8 Å². The summed E-state index contributed by atoms with van der Waals surface area (Å²) in [5.74, 6) is 0.618. The first-order chi connectivity index (χ1) is 12.6. The van der Waals surface area contributed by atoms with E-state index in [0.717, 1.165) is 10.6 Å². The Labute approximate surface area is 157 Å². The molecular formula is C18H14N2O4S2. The molecule has 3 aromatic rings. The second kappa shape index (κ2) is 6.89. The Morgan fingerprint density at radius 2 is 2.04 bits per heavy atom. The van der Waals surface area contributed by atoms with Crippen LogP contribution in [0.3, 0.4) is 0 Å².